The highest BCUT2D eigenvalue weighted by molar-refractivity contribution is 9.10. The lowest BCUT2D eigenvalue weighted by molar-refractivity contribution is 1.04. The first-order chi connectivity index (χ1) is 9.61. The Hall–Kier alpha value is -1.52. The Morgan fingerprint density at radius 3 is 2.85 bits per heavy atom. The monoisotopic (exact) mass is 349 g/mol. The molecule has 2 aromatic carbocycles. The van der Waals surface area contributed by atoms with Crippen molar-refractivity contribution >= 4 is 44.5 Å². The van der Waals surface area contributed by atoms with Gasteiger partial charge in [0.2, 0.25) is 5.95 Å². The van der Waals surface area contributed by atoms with Gasteiger partial charge < -0.3 is 5.73 Å². The van der Waals surface area contributed by atoms with E-state index >= 15 is 0 Å². The van der Waals surface area contributed by atoms with Crippen molar-refractivity contribution in [2.45, 2.75) is 13.3 Å². The third-order valence-electron chi connectivity index (χ3n) is 3.32. The molecule has 0 aliphatic carbocycles. The molecule has 102 valence electrons. The zero-order valence-corrected chi connectivity index (χ0v) is 13.2. The van der Waals surface area contributed by atoms with E-state index in [4.69, 9.17) is 17.3 Å². The minimum atomic E-state index is 0.449. The predicted molar refractivity (Wildman–Crippen MR) is 87.6 cm³/mol. The van der Waals surface area contributed by atoms with E-state index < -0.39 is 0 Å². The number of benzene rings is 2. The number of anilines is 1. The Labute approximate surface area is 130 Å². The Balaban J connectivity index is 2.38. The van der Waals surface area contributed by atoms with Gasteiger partial charge in [-0.05, 0) is 42.3 Å². The molecule has 0 saturated heterocycles. The van der Waals surface area contributed by atoms with Gasteiger partial charge >= 0.3 is 0 Å². The van der Waals surface area contributed by atoms with E-state index in [2.05, 4.69) is 33.9 Å². The highest BCUT2D eigenvalue weighted by Crippen LogP contribution is 2.31. The van der Waals surface area contributed by atoms with Gasteiger partial charge in [-0.2, -0.15) is 0 Å². The topological polar surface area (TPSA) is 43.8 Å². The molecule has 20 heavy (non-hydrogen) atoms. The summed E-state index contributed by atoms with van der Waals surface area (Å²) in [6, 6.07) is 11.8. The van der Waals surface area contributed by atoms with Crippen LogP contribution in [0.2, 0.25) is 5.02 Å². The van der Waals surface area contributed by atoms with E-state index in [0.29, 0.717) is 11.0 Å². The number of para-hydroxylation sites is 1. The van der Waals surface area contributed by atoms with Crippen LogP contribution in [0.15, 0.2) is 40.9 Å². The molecule has 5 heteroatoms. The SMILES string of the molecule is CCc1cc(Br)ccc1-n1c(N)nc2cccc(Cl)c21. The Morgan fingerprint density at radius 1 is 1.30 bits per heavy atom. The predicted octanol–water partition coefficient (Wildman–Crippen LogP) is 4.59. The quantitative estimate of drug-likeness (QED) is 0.735. The largest absolute Gasteiger partial charge is 0.369 e. The number of fused-ring (bicyclic) bond motifs is 1. The summed E-state index contributed by atoms with van der Waals surface area (Å²) in [6.45, 7) is 2.11. The van der Waals surface area contributed by atoms with Crippen LogP contribution in [-0.2, 0) is 6.42 Å². The molecule has 3 rings (SSSR count). The van der Waals surface area contributed by atoms with Gasteiger partial charge in [0.05, 0.1) is 21.7 Å². The molecule has 3 nitrogen and oxygen atoms in total. The molecule has 1 aromatic heterocycles. The van der Waals surface area contributed by atoms with E-state index in [0.717, 1.165) is 27.6 Å². The molecule has 0 atom stereocenters. The summed E-state index contributed by atoms with van der Waals surface area (Å²) >= 11 is 9.83. The first-order valence-electron chi connectivity index (χ1n) is 6.33. The zero-order valence-electron chi connectivity index (χ0n) is 10.9. The van der Waals surface area contributed by atoms with Crippen molar-refractivity contribution in [3.8, 4) is 5.69 Å². The fourth-order valence-corrected chi connectivity index (χ4v) is 3.07. The van der Waals surface area contributed by atoms with Crippen molar-refractivity contribution in [2.24, 2.45) is 0 Å². The van der Waals surface area contributed by atoms with Crippen molar-refractivity contribution < 1.29 is 0 Å². The van der Waals surface area contributed by atoms with Crippen LogP contribution in [0, 0.1) is 0 Å². The van der Waals surface area contributed by atoms with Gasteiger partial charge in [0.1, 0.15) is 0 Å². The number of halogens is 2. The van der Waals surface area contributed by atoms with Gasteiger partial charge in [0.15, 0.2) is 0 Å². The third kappa shape index (κ3) is 2.09. The lowest BCUT2D eigenvalue weighted by atomic mass is 10.1. The normalized spacial score (nSPS) is 11.2. The number of nitrogens with two attached hydrogens (primary N) is 1. The van der Waals surface area contributed by atoms with E-state index in [1.807, 2.05) is 34.9 Å². The smallest absolute Gasteiger partial charge is 0.205 e. The van der Waals surface area contributed by atoms with Gasteiger partial charge in [0.25, 0.3) is 0 Å². The van der Waals surface area contributed by atoms with Gasteiger partial charge in [-0.3, -0.25) is 4.57 Å². The highest BCUT2D eigenvalue weighted by atomic mass is 79.9. The van der Waals surface area contributed by atoms with Crippen LogP contribution in [0.1, 0.15) is 12.5 Å². The van der Waals surface area contributed by atoms with E-state index in [1.54, 1.807) is 0 Å². The minimum Gasteiger partial charge on any atom is -0.369 e. The molecule has 0 bridgehead atoms. The van der Waals surface area contributed by atoms with Gasteiger partial charge in [-0.15, -0.1) is 0 Å². The van der Waals surface area contributed by atoms with Crippen LogP contribution in [-0.4, -0.2) is 9.55 Å². The summed E-state index contributed by atoms with van der Waals surface area (Å²) in [5, 5.41) is 0.650. The molecular formula is C15H13BrClN3. The molecule has 0 fully saturated rings. The second-order valence-electron chi connectivity index (χ2n) is 4.54. The summed E-state index contributed by atoms with van der Waals surface area (Å²) < 4.78 is 2.97. The summed E-state index contributed by atoms with van der Waals surface area (Å²) in [5.74, 6) is 0.449. The fraction of sp³-hybridized carbons (Fsp3) is 0.133. The van der Waals surface area contributed by atoms with Crippen molar-refractivity contribution in [3.05, 3.63) is 51.5 Å². The molecule has 0 unspecified atom stereocenters. The van der Waals surface area contributed by atoms with Crippen LogP contribution >= 0.6 is 27.5 Å². The molecule has 0 amide bonds. The van der Waals surface area contributed by atoms with Gasteiger partial charge in [-0.25, -0.2) is 4.98 Å². The van der Waals surface area contributed by atoms with Gasteiger partial charge in [0, 0.05) is 4.47 Å². The number of imidazole rings is 1. The third-order valence-corrected chi connectivity index (χ3v) is 4.11. The highest BCUT2D eigenvalue weighted by Gasteiger charge is 2.15. The number of nitrogen functional groups attached to an aromatic ring is 1. The van der Waals surface area contributed by atoms with Crippen molar-refractivity contribution in [3.63, 3.8) is 0 Å². The Kier molecular flexibility index (Phi) is 3.44. The van der Waals surface area contributed by atoms with Gasteiger partial charge in [-0.1, -0.05) is 40.5 Å². The molecule has 0 spiro atoms. The second kappa shape index (κ2) is 5.11. The first-order valence-corrected chi connectivity index (χ1v) is 7.50. The van der Waals surface area contributed by atoms with E-state index in [-0.39, 0.29) is 0 Å². The van der Waals surface area contributed by atoms with Crippen LogP contribution in [0.5, 0.6) is 0 Å². The number of aromatic nitrogens is 2. The van der Waals surface area contributed by atoms with Crippen molar-refractivity contribution in [1.82, 2.24) is 9.55 Å². The molecule has 0 aliphatic heterocycles. The number of hydrogen-bond acceptors (Lipinski definition) is 2. The number of nitrogens with zero attached hydrogens (tertiary/aromatic N) is 2. The Morgan fingerprint density at radius 2 is 2.10 bits per heavy atom. The maximum absolute atomic E-state index is 6.33. The molecule has 2 N–H and O–H groups in total. The molecule has 3 aromatic rings. The summed E-state index contributed by atoms with van der Waals surface area (Å²) in [6.07, 6.45) is 0.901. The van der Waals surface area contributed by atoms with Crippen LogP contribution < -0.4 is 5.73 Å². The second-order valence-corrected chi connectivity index (χ2v) is 5.86. The van der Waals surface area contributed by atoms with Crippen molar-refractivity contribution in [1.29, 1.82) is 0 Å². The lowest BCUT2D eigenvalue weighted by Gasteiger charge is -2.12. The maximum Gasteiger partial charge on any atom is 0.205 e. The fourth-order valence-electron chi connectivity index (χ4n) is 2.40. The molecular weight excluding hydrogens is 338 g/mol. The maximum atomic E-state index is 6.33. The molecule has 1 heterocycles. The average molecular weight is 351 g/mol. The molecule has 0 radical (unpaired) electrons. The van der Waals surface area contributed by atoms with E-state index in [1.165, 1.54) is 5.56 Å². The summed E-state index contributed by atoms with van der Waals surface area (Å²) in [4.78, 5) is 4.39. The zero-order chi connectivity index (χ0) is 14.3. The van der Waals surface area contributed by atoms with Crippen LogP contribution in [0.3, 0.4) is 0 Å². The molecule has 0 saturated carbocycles. The summed E-state index contributed by atoms with van der Waals surface area (Å²) in [7, 11) is 0. The molecule has 0 aliphatic rings. The average Bonchev–Trinajstić information content (AvgIpc) is 2.76. The van der Waals surface area contributed by atoms with Crippen LogP contribution in [0.4, 0.5) is 5.95 Å². The lowest BCUT2D eigenvalue weighted by Crippen LogP contribution is -2.04. The standard InChI is InChI=1S/C15H13BrClN3/c1-2-9-8-10(16)6-7-13(9)20-14-11(17)4-3-5-12(14)19-15(20)18/h3-8H,2H2,1H3,(H2,18,19). The number of hydrogen-bond donors (Lipinski definition) is 1. The Bertz CT molecular complexity index is 795. The number of rotatable bonds is 2. The number of aryl methyl sites for hydroxylation is 1. The summed E-state index contributed by atoms with van der Waals surface area (Å²) in [5.41, 5.74) is 9.96. The van der Waals surface area contributed by atoms with Crippen molar-refractivity contribution in [2.75, 3.05) is 5.73 Å². The minimum absolute atomic E-state index is 0.449. The van der Waals surface area contributed by atoms with E-state index in [9.17, 15) is 0 Å². The first kappa shape index (κ1) is 13.5. The van der Waals surface area contributed by atoms with Crippen LogP contribution in [0.25, 0.3) is 16.7 Å².